The zero-order valence-electron chi connectivity index (χ0n) is 8.66. The van der Waals surface area contributed by atoms with E-state index in [0.717, 1.165) is 12.0 Å². The second kappa shape index (κ2) is 5.14. The first kappa shape index (κ1) is 11.2. The van der Waals surface area contributed by atoms with E-state index >= 15 is 0 Å². The number of carbonyl (C=O) groups is 1. The van der Waals surface area contributed by atoms with Crippen LogP contribution >= 0.6 is 0 Å². The highest BCUT2D eigenvalue weighted by Crippen LogP contribution is 2.05. The lowest BCUT2D eigenvalue weighted by atomic mass is 10.2. The maximum absolute atomic E-state index is 10.6. The Morgan fingerprint density at radius 2 is 2.33 bits per heavy atom. The summed E-state index contributed by atoms with van der Waals surface area (Å²) in [4.78, 5) is 14.6. The van der Waals surface area contributed by atoms with E-state index in [0.29, 0.717) is 12.4 Å². The van der Waals surface area contributed by atoms with Crippen molar-refractivity contribution in [2.45, 2.75) is 13.3 Å². The molecule has 0 radical (unpaired) electrons. The topological polar surface area (TPSA) is 62.2 Å². The summed E-state index contributed by atoms with van der Waals surface area (Å²) >= 11 is 0. The van der Waals surface area contributed by atoms with Gasteiger partial charge in [-0.25, -0.2) is 9.78 Å². The first-order valence-electron chi connectivity index (χ1n) is 4.68. The van der Waals surface area contributed by atoms with Crippen molar-refractivity contribution in [3.8, 4) is 0 Å². The lowest BCUT2D eigenvalue weighted by Crippen LogP contribution is -2.06. The van der Waals surface area contributed by atoms with E-state index in [-0.39, 0.29) is 5.69 Å². The summed E-state index contributed by atoms with van der Waals surface area (Å²) in [6, 6.07) is 4.87. The Morgan fingerprint density at radius 1 is 1.60 bits per heavy atom. The average Bonchev–Trinajstić information content (AvgIpc) is 2.17. The molecule has 1 heterocycles. The Balaban J connectivity index is 2.58. The summed E-state index contributed by atoms with van der Waals surface area (Å²) in [6.45, 7) is 6.44. The van der Waals surface area contributed by atoms with Crippen molar-refractivity contribution >= 4 is 11.8 Å². The first-order valence-corrected chi connectivity index (χ1v) is 4.68. The van der Waals surface area contributed by atoms with Crippen LogP contribution in [0.25, 0.3) is 0 Å². The lowest BCUT2D eigenvalue weighted by Gasteiger charge is -2.05. The minimum atomic E-state index is -1.02. The quantitative estimate of drug-likeness (QED) is 0.725. The number of pyridine rings is 1. The standard InChI is InChI=1S/C11H14N2O2/c1-8(2)6-7-12-10-5-3-4-9(13-10)11(14)15/h3-5H,1,6-7H2,2H3,(H,12,13)(H,14,15). The van der Waals surface area contributed by atoms with Gasteiger partial charge < -0.3 is 10.4 Å². The summed E-state index contributed by atoms with van der Waals surface area (Å²) in [5, 5.41) is 11.8. The van der Waals surface area contributed by atoms with Crippen LogP contribution in [0.1, 0.15) is 23.8 Å². The van der Waals surface area contributed by atoms with Gasteiger partial charge in [0, 0.05) is 6.54 Å². The fraction of sp³-hybridized carbons (Fsp3) is 0.273. The van der Waals surface area contributed by atoms with Gasteiger partial charge in [-0.05, 0) is 25.5 Å². The van der Waals surface area contributed by atoms with Gasteiger partial charge in [0.25, 0.3) is 0 Å². The molecular weight excluding hydrogens is 192 g/mol. The SMILES string of the molecule is C=C(C)CCNc1cccc(C(=O)O)n1. The maximum Gasteiger partial charge on any atom is 0.354 e. The van der Waals surface area contributed by atoms with Gasteiger partial charge in [-0.2, -0.15) is 0 Å². The predicted octanol–water partition coefficient (Wildman–Crippen LogP) is 2.16. The summed E-state index contributed by atoms with van der Waals surface area (Å²) in [5.74, 6) is -0.435. The molecule has 4 heteroatoms. The highest BCUT2D eigenvalue weighted by Gasteiger charge is 2.04. The molecule has 0 amide bonds. The van der Waals surface area contributed by atoms with Gasteiger partial charge >= 0.3 is 5.97 Å². The van der Waals surface area contributed by atoms with E-state index in [1.807, 2.05) is 6.92 Å². The Morgan fingerprint density at radius 3 is 2.93 bits per heavy atom. The van der Waals surface area contributed by atoms with Crippen molar-refractivity contribution in [1.29, 1.82) is 0 Å². The average molecular weight is 206 g/mol. The number of nitrogens with one attached hydrogen (secondary N) is 1. The molecule has 0 aliphatic rings. The van der Waals surface area contributed by atoms with Crippen LogP contribution in [0.3, 0.4) is 0 Å². The summed E-state index contributed by atoms with van der Waals surface area (Å²) < 4.78 is 0. The zero-order valence-corrected chi connectivity index (χ0v) is 8.66. The molecule has 0 saturated carbocycles. The molecule has 0 atom stereocenters. The Hall–Kier alpha value is -1.84. The number of anilines is 1. The molecule has 1 aromatic heterocycles. The largest absolute Gasteiger partial charge is 0.477 e. The monoisotopic (exact) mass is 206 g/mol. The number of hydrogen-bond acceptors (Lipinski definition) is 3. The van der Waals surface area contributed by atoms with E-state index in [1.165, 1.54) is 6.07 Å². The molecule has 0 aliphatic heterocycles. The van der Waals surface area contributed by atoms with Crippen LogP contribution in [0.2, 0.25) is 0 Å². The molecule has 0 aromatic carbocycles. The molecule has 4 nitrogen and oxygen atoms in total. The Kier molecular flexibility index (Phi) is 3.85. The van der Waals surface area contributed by atoms with Gasteiger partial charge in [0.1, 0.15) is 5.82 Å². The van der Waals surface area contributed by atoms with Crippen LogP contribution < -0.4 is 5.32 Å². The summed E-state index contributed by atoms with van der Waals surface area (Å²) in [6.07, 6.45) is 0.846. The van der Waals surface area contributed by atoms with Crippen LogP contribution in [0.4, 0.5) is 5.82 Å². The molecule has 0 aliphatic carbocycles. The lowest BCUT2D eigenvalue weighted by molar-refractivity contribution is 0.0690. The highest BCUT2D eigenvalue weighted by molar-refractivity contribution is 5.85. The van der Waals surface area contributed by atoms with Crippen LogP contribution in [-0.4, -0.2) is 22.6 Å². The smallest absolute Gasteiger partial charge is 0.354 e. The number of nitrogens with zero attached hydrogens (tertiary/aromatic N) is 1. The molecule has 0 fully saturated rings. The maximum atomic E-state index is 10.6. The highest BCUT2D eigenvalue weighted by atomic mass is 16.4. The fourth-order valence-corrected chi connectivity index (χ4v) is 1.06. The van der Waals surface area contributed by atoms with Gasteiger partial charge in [-0.1, -0.05) is 11.6 Å². The summed E-state index contributed by atoms with van der Waals surface area (Å²) in [5.41, 5.74) is 1.13. The van der Waals surface area contributed by atoms with Crippen molar-refractivity contribution in [3.63, 3.8) is 0 Å². The molecule has 0 saturated heterocycles. The van der Waals surface area contributed by atoms with Gasteiger partial charge in [-0.15, -0.1) is 6.58 Å². The van der Waals surface area contributed by atoms with Crippen LogP contribution in [0.15, 0.2) is 30.4 Å². The van der Waals surface area contributed by atoms with Crippen LogP contribution in [0, 0.1) is 0 Å². The molecule has 80 valence electrons. The number of hydrogen-bond donors (Lipinski definition) is 2. The van der Waals surface area contributed by atoms with Gasteiger partial charge in [0.15, 0.2) is 5.69 Å². The van der Waals surface area contributed by atoms with E-state index in [9.17, 15) is 4.79 Å². The molecule has 0 bridgehead atoms. The summed E-state index contributed by atoms with van der Waals surface area (Å²) in [7, 11) is 0. The number of rotatable bonds is 5. The third kappa shape index (κ3) is 3.81. The van der Waals surface area contributed by atoms with Crippen molar-refractivity contribution in [2.75, 3.05) is 11.9 Å². The number of carboxylic acids is 1. The predicted molar refractivity (Wildman–Crippen MR) is 59.1 cm³/mol. The first-order chi connectivity index (χ1) is 7.09. The third-order valence-corrected chi connectivity index (χ3v) is 1.83. The number of aromatic nitrogens is 1. The van der Waals surface area contributed by atoms with Crippen LogP contribution in [-0.2, 0) is 0 Å². The van der Waals surface area contributed by atoms with Crippen molar-refractivity contribution in [2.24, 2.45) is 0 Å². The van der Waals surface area contributed by atoms with E-state index in [2.05, 4.69) is 16.9 Å². The molecule has 0 spiro atoms. The van der Waals surface area contributed by atoms with Crippen molar-refractivity contribution in [1.82, 2.24) is 4.98 Å². The van der Waals surface area contributed by atoms with E-state index in [4.69, 9.17) is 5.11 Å². The van der Waals surface area contributed by atoms with E-state index in [1.54, 1.807) is 12.1 Å². The van der Waals surface area contributed by atoms with Gasteiger partial charge in [0.05, 0.1) is 0 Å². The Labute approximate surface area is 88.7 Å². The second-order valence-electron chi connectivity index (χ2n) is 3.35. The minimum Gasteiger partial charge on any atom is -0.477 e. The molecule has 1 rings (SSSR count). The Bertz CT molecular complexity index is 375. The van der Waals surface area contributed by atoms with Gasteiger partial charge in [0.2, 0.25) is 0 Å². The molecule has 1 aromatic rings. The molecule has 0 unspecified atom stereocenters. The van der Waals surface area contributed by atoms with Gasteiger partial charge in [-0.3, -0.25) is 0 Å². The fourth-order valence-electron chi connectivity index (χ4n) is 1.06. The molecule has 15 heavy (non-hydrogen) atoms. The normalized spacial score (nSPS) is 9.67. The third-order valence-electron chi connectivity index (χ3n) is 1.83. The number of aromatic carboxylic acids is 1. The molecular formula is C11H14N2O2. The van der Waals surface area contributed by atoms with E-state index < -0.39 is 5.97 Å². The zero-order chi connectivity index (χ0) is 11.3. The van der Waals surface area contributed by atoms with Crippen LogP contribution in [0.5, 0.6) is 0 Å². The van der Waals surface area contributed by atoms with Crippen molar-refractivity contribution < 1.29 is 9.90 Å². The minimum absolute atomic E-state index is 0.0512. The second-order valence-corrected chi connectivity index (χ2v) is 3.35. The number of carboxylic acid groups (broad SMARTS) is 1. The van der Waals surface area contributed by atoms with Crippen molar-refractivity contribution in [3.05, 3.63) is 36.0 Å². The molecule has 2 N–H and O–H groups in total.